The maximum atomic E-state index is 12.6. The van der Waals surface area contributed by atoms with Gasteiger partial charge in [0.25, 0.3) is 5.95 Å². The Morgan fingerprint density at radius 2 is 1.16 bits per heavy atom. The smallest absolute Gasteiger partial charge is 0.414 e. The molecule has 0 N–H and O–H groups in total. The first-order valence-electron chi connectivity index (χ1n) is 5.57. The number of hydrogen-bond donors (Lipinski definition) is 0. The van der Waals surface area contributed by atoms with E-state index in [4.69, 9.17) is 0 Å². The van der Waals surface area contributed by atoms with Crippen LogP contribution in [0.3, 0.4) is 0 Å². The number of rotatable bonds is 0. The molecular formula is C10H5F11O4. The van der Waals surface area contributed by atoms with Crippen molar-refractivity contribution in [3.8, 4) is 0 Å². The molecule has 0 saturated carbocycles. The van der Waals surface area contributed by atoms with Gasteiger partial charge in [-0.2, -0.15) is 48.3 Å². The second-order valence-electron chi connectivity index (χ2n) is 4.38. The summed E-state index contributed by atoms with van der Waals surface area (Å²) in [6, 6.07) is -3.98. The Labute approximate surface area is 130 Å². The summed E-state index contributed by atoms with van der Waals surface area (Å²) < 4.78 is 145. The van der Waals surface area contributed by atoms with Crippen molar-refractivity contribution in [2.45, 2.75) is 37.0 Å². The molecule has 0 spiro atoms. The van der Waals surface area contributed by atoms with Gasteiger partial charge in [0.2, 0.25) is 0 Å². The van der Waals surface area contributed by atoms with Crippen LogP contribution < -0.4 is 0 Å². The van der Waals surface area contributed by atoms with E-state index in [0.717, 1.165) is 0 Å². The highest BCUT2D eigenvalue weighted by molar-refractivity contribution is 4.98. The van der Waals surface area contributed by atoms with E-state index in [2.05, 4.69) is 25.5 Å². The van der Waals surface area contributed by atoms with Crippen molar-refractivity contribution in [2.75, 3.05) is 0 Å². The van der Waals surface area contributed by atoms with E-state index < -0.39 is 48.1 Å². The van der Waals surface area contributed by atoms with Crippen molar-refractivity contribution in [2.24, 2.45) is 0 Å². The Balaban J connectivity index is 0.000000251. The van der Waals surface area contributed by atoms with Crippen LogP contribution >= 0.6 is 0 Å². The molecule has 0 aliphatic carbocycles. The second kappa shape index (κ2) is 5.72. The lowest BCUT2D eigenvalue weighted by molar-refractivity contribution is -0.393. The van der Waals surface area contributed by atoms with Gasteiger partial charge in [0.1, 0.15) is 0 Å². The predicted octanol–water partition coefficient (Wildman–Crippen LogP) is 4.70. The van der Waals surface area contributed by atoms with Crippen LogP contribution in [0, 0.1) is 0 Å². The van der Waals surface area contributed by atoms with Gasteiger partial charge in [0, 0.05) is 6.92 Å². The Bertz CT molecular complexity index is 564. The molecule has 0 radical (unpaired) electrons. The Kier molecular flexibility index (Phi) is 4.80. The largest absolute Gasteiger partial charge is 0.483 e. The van der Waals surface area contributed by atoms with E-state index in [1.807, 2.05) is 0 Å². The fraction of sp³-hybridized carbons (Fsp3) is 0.600. The lowest BCUT2D eigenvalue weighted by Crippen LogP contribution is -2.53. The first-order chi connectivity index (χ1) is 10.9. The standard InChI is InChI=1S/C5H2F6O2.C5H3F5O2/c1-2-12-3(6,4(7,8)9)5(10,11)13-2;1-4(5(8,9)10)11-2(6)3(7)12-4/h1H2;1H3. The molecule has 2 heterocycles. The van der Waals surface area contributed by atoms with Crippen LogP contribution in [0.15, 0.2) is 24.6 Å². The topological polar surface area (TPSA) is 36.9 Å². The van der Waals surface area contributed by atoms with Crippen LogP contribution in [-0.4, -0.2) is 30.1 Å². The average molecular weight is 398 g/mol. The van der Waals surface area contributed by atoms with Gasteiger partial charge >= 0.3 is 42.1 Å². The van der Waals surface area contributed by atoms with Crippen molar-refractivity contribution in [3.63, 3.8) is 0 Å². The molecular weight excluding hydrogens is 393 g/mol. The summed E-state index contributed by atoms with van der Waals surface area (Å²) in [6.45, 7) is 2.87. The summed E-state index contributed by atoms with van der Waals surface area (Å²) in [7, 11) is 0. The molecule has 1 fully saturated rings. The lowest BCUT2D eigenvalue weighted by atomic mass is 10.3. The molecule has 0 aromatic carbocycles. The van der Waals surface area contributed by atoms with E-state index >= 15 is 0 Å². The predicted molar refractivity (Wildman–Crippen MR) is 52.0 cm³/mol. The summed E-state index contributed by atoms with van der Waals surface area (Å²) in [4.78, 5) is 0. The fourth-order valence-electron chi connectivity index (χ4n) is 1.23. The molecule has 0 aromatic heterocycles. The molecule has 146 valence electrons. The molecule has 2 aliphatic rings. The Morgan fingerprint density at radius 3 is 1.32 bits per heavy atom. The molecule has 25 heavy (non-hydrogen) atoms. The molecule has 0 bridgehead atoms. The first kappa shape index (κ1) is 21.0. The highest BCUT2D eigenvalue weighted by atomic mass is 19.4. The van der Waals surface area contributed by atoms with E-state index in [0.29, 0.717) is 6.92 Å². The van der Waals surface area contributed by atoms with Crippen molar-refractivity contribution < 1.29 is 67.2 Å². The van der Waals surface area contributed by atoms with Crippen LogP contribution in [0.2, 0.25) is 0 Å². The van der Waals surface area contributed by atoms with Crippen LogP contribution in [0.4, 0.5) is 48.3 Å². The van der Waals surface area contributed by atoms with Crippen LogP contribution in [-0.2, 0) is 18.9 Å². The molecule has 15 heteroatoms. The van der Waals surface area contributed by atoms with Crippen molar-refractivity contribution in [1.29, 1.82) is 0 Å². The molecule has 4 nitrogen and oxygen atoms in total. The van der Waals surface area contributed by atoms with Crippen LogP contribution in [0.1, 0.15) is 6.92 Å². The fourth-order valence-corrected chi connectivity index (χ4v) is 1.23. The van der Waals surface area contributed by atoms with E-state index in [1.165, 1.54) is 0 Å². The number of halogens is 11. The third kappa shape index (κ3) is 3.63. The number of hydrogen-bond acceptors (Lipinski definition) is 4. The van der Waals surface area contributed by atoms with E-state index in [1.54, 1.807) is 0 Å². The molecule has 0 amide bonds. The third-order valence-corrected chi connectivity index (χ3v) is 2.47. The van der Waals surface area contributed by atoms with Crippen molar-refractivity contribution in [1.82, 2.24) is 0 Å². The summed E-state index contributed by atoms with van der Waals surface area (Å²) in [5.74, 6) is -9.82. The van der Waals surface area contributed by atoms with Crippen LogP contribution in [0.25, 0.3) is 0 Å². The Hall–Kier alpha value is -2.09. The minimum atomic E-state index is -5.89. The zero-order chi connectivity index (χ0) is 20.1. The van der Waals surface area contributed by atoms with Gasteiger partial charge < -0.3 is 18.9 Å². The van der Waals surface area contributed by atoms with Gasteiger partial charge in [-0.3, -0.25) is 0 Å². The van der Waals surface area contributed by atoms with E-state index in [-0.39, 0.29) is 0 Å². The zero-order valence-electron chi connectivity index (χ0n) is 11.5. The molecule has 1 atom stereocenters. The number of alkyl halides is 9. The van der Waals surface area contributed by atoms with Crippen molar-refractivity contribution >= 4 is 0 Å². The summed E-state index contributed by atoms with van der Waals surface area (Å²) in [5.41, 5.74) is 0. The number of ether oxygens (including phenoxy) is 4. The summed E-state index contributed by atoms with van der Waals surface area (Å²) >= 11 is 0. The molecule has 2 rings (SSSR count). The summed E-state index contributed by atoms with van der Waals surface area (Å²) in [6.07, 6.45) is -16.0. The zero-order valence-corrected chi connectivity index (χ0v) is 11.5. The van der Waals surface area contributed by atoms with E-state index in [9.17, 15) is 48.3 Å². The molecule has 1 unspecified atom stereocenters. The second-order valence-corrected chi connectivity index (χ2v) is 4.38. The van der Waals surface area contributed by atoms with Gasteiger partial charge in [0.05, 0.1) is 0 Å². The molecule has 2 aliphatic heterocycles. The first-order valence-corrected chi connectivity index (χ1v) is 5.57. The maximum absolute atomic E-state index is 12.6. The van der Waals surface area contributed by atoms with Gasteiger partial charge in [-0.1, -0.05) is 0 Å². The normalized spacial score (nSPS) is 27.6. The molecule has 1 saturated heterocycles. The monoisotopic (exact) mass is 398 g/mol. The molecule has 0 aromatic rings. The Morgan fingerprint density at radius 1 is 0.760 bits per heavy atom. The highest BCUT2D eigenvalue weighted by Gasteiger charge is 2.80. The van der Waals surface area contributed by atoms with Gasteiger partial charge in [-0.25, -0.2) is 0 Å². The average Bonchev–Trinajstić information content (AvgIpc) is 2.73. The SMILES string of the molecule is C=C1OC(F)(F)C(F)(C(F)(F)F)O1.CC1(C(F)(F)F)OC(F)=C(F)O1. The third-order valence-electron chi connectivity index (χ3n) is 2.47. The van der Waals surface area contributed by atoms with Crippen molar-refractivity contribution in [3.05, 3.63) is 24.6 Å². The minimum Gasteiger partial charge on any atom is -0.414 e. The quantitative estimate of drug-likeness (QED) is 0.555. The van der Waals surface area contributed by atoms with Gasteiger partial charge in [-0.15, -0.1) is 0 Å². The van der Waals surface area contributed by atoms with Crippen LogP contribution in [0.5, 0.6) is 0 Å². The summed E-state index contributed by atoms with van der Waals surface area (Å²) in [5, 5.41) is 0. The minimum absolute atomic E-state index is 0.374. The maximum Gasteiger partial charge on any atom is 0.483 e. The van der Waals surface area contributed by atoms with Gasteiger partial charge in [-0.05, 0) is 6.58 Å². The van der Waals surface area contributed by atoms with Gasteiger partial charge in [0.15, 0.2) is 0 Å². The highest BCUT2D eigenvalue weighted by Crippen LogP contribution is 2.52. The lowest BCUT2D eigenvalue weighted by Gasteiger charge is -2.24.